The van der Waals surface area contributed by atoms with E-state index < -0.39 is 35.4 Å². The summed E-state index contributed by atoms with van der Waals surface area (Å²) in [5.41, 5.74) is 0.597. The second-order valence-electron chi connectivity index (χ2n) is 8.15. The van der Waals surface area contributed by atoms with E-state index >= 15 is 0 Å². The van der Waals surface area contributed by atoms with Crippen molar-refractivity contribution in [1.82, 2.24) is 0 Å². The zero-order valence-corrected chi connectivity index (χ0v) is 19.7. The number of halogens is 3. The van der Waals surface area contributed by atoms with Gasteiger partial charge in [-0.1, -0.05) is 30.3 Å². The second-order valence-corrected chi connectivity index (χ2v) is 8.15. The SMILES string of the molecule is COc1ccccc1-c1c(C(F)(F)F)oc2cc(OCC(=O)Nc3cc(C)ccc3C)ccc2c1=O. The molecule has 4 rings (SSSR count). The number of benzene rings is 3. The van der Waals surface area contributed by atoms with Crippen LogP contribution in [0.5, 0.6) is 11.5 Å². The maximum Gasteiger partial charge on any atom is 0.450 e. The van der Waals surface area contributed by atoms with Crippen molar-refractivity contribution in [2.45, 2.75) is 20.0 Å². The van der Waals surface area contributed by atoms with Gasteiger partial charge >= 0.3 is 6.18 Å². The van der Waals surface area contributed by atoms with E-state index in [2.05, 4.69) is 5.32 Å². The molecule has 0 spiro atoms. The molecular weight excluding hydrogens is 475 g/mol. The normalized spacial score (nSPS) is 11.4. The van der Waals surface area contributed by atoms with E-state index in [0.717, 1.165) is 17.2 Å². The Kier molecular flexibility index (Phi) is 6.74. The molecule has 0 aliphatic heterocycles. The van der Waals surface area contributed by atoms with E-state index in [1.165, 1.54) is 37.4 Å². The Morgan fingerprint density at radius 2 is 1.78 bits per heavy atom. The lowest BCUT2D eigenvalue weighted by molar-refractivity contribution is -0.152. The molecule has 1 N–H and O–H groups in total. The number of aryl methyl sites for hydroxylation is 2. The van der Waals surface area contributed by atoms with Gasteiger partial charge < -0.3 is 19.2 Å². The minimum Gasteiger partial charge on any atom is -0.496 e. The van der Waals surface area contributed by atoms with Crippen LogP contribution in [0.3, 0.4) is 0 Å². The number of amides is 1. The summed E-state index contributed by atoms with van der Waals surface area (Å²) in [7, 11) is 1.30. The van der Waals surface area contributed by atoms with E-state index in [4.69, 9.17) is 13.9 Å². The molecule has 6 nitrogen and oxygen atoms in total. The molecule has 36 heavy (non-hydrogen) atoms. The number of hydrogen-bond donors (Lipinski definition) is 1. The summed E-state index contributed by atoms with van der Waals surface area (Å²) in [5, 5.41) is 2.66. The van der Waals surface area contributed by atoms with Gasteiger partial charge in [-0.25, -0.2) is 0 Å². The fraction of sp³-hybridized carbons (Fsp3) is 0.185. The third-order valence-electron chi connectivity index (χ3n) is 5.53. The molecule has 4 aromatic rings. The number of carbonyl (C=O) groups is 1. The molecule has 0 atom stereocenters. The first-order valence-corrected chi connectivity index (χ1v) is 10.9. The number of hydrogen-bond acceptors (Lipinski definition) is 5. The highest BCUT2D eigenvalue weighted by atomic mass is 19.4. The van der Waals surface area contributed by atoms with E-state index in [-0.39, 0.29) is 28.0 Å². The summed E-state index contributed by atoms with van der Waals surface area (Å²) in [5.74, 6) is -1.73. The van der Waals surface area contributed by atoms with Crippen LogP contribution in [0.2, 0.25) is 0 Å². The molecule has 1 heterocycles. The zero-order chi connectivity index (χ0) is 26.0. The molecule has 186 valence electrons. The molecule has 0 unspecified atom stereocenters. The summed E-state index contributed by atoms with van der Waals surface area (Å²) in [6.45, 7) is 3.34. The van der Waals surface area contributed by atoms with Gasteiger partial charge in [0.25, 0.3) is 5.91 Å². The Labute approximate surface area is 204 Å². The maximum atomic E-state index is 13.9. The molecule has 0 aliphatic rings. The van der Waals surface area contributed by atoms with Crippen LogP contribution >= 0.6 is 0 Å². The Balaban J connectivity index is 1.67. The number of alkyl halides is 3. The highest BCUT2D eigenvalue weighted by molar-refractivity contribution is 5.93. The Morgan fingerprint density at radius 1 is 1.03 bits per heavy atom. The quantitative estimate of drug-likeness (QED) is 0.347. The number of fused-ring (bicyclic) bond motifs is 1. The van der Waals surface area contributed by atoms with Gasteiger partial charge in [0.05, 0.1) is 18.1 Å². The lowest BCUT2D eigenvalue weighted by Crippen LogP contribution is -2.20. The molecule has 0 aliphatic carbocycles. The Morgan fingerprint density at radius 3 is 2.50 bits per heavy atom. The van der Waals surface area contributed by atoms with Gasteiger partial charge in [0.1, 0.15) is 17.1 Å². The fourth-order valence-electron chi connectivity index (χ4n) is 3.76. The number of anilines is 1. The molecular formula is C27H22F3NO5. The van der Waals surface area contributed by atoms with Crippen molar-refractivity contribution in [1.29, 1.82) is 0 Å². The lowest BCUT2D eigenvalue weighted by atomic mass is 10.0. The summed E-state index contributed by atoms with van der Waals surface area (Å²) in [6.07, 6.45) is -4.95. The molecule has 1 amide bonds. The third-order valence-corrected chi connectivity index (χ3v) is 5.53. The predicted octanol–water partition coefficient (Wildman–Crippen LogP) is 6.12. The molecule has 0 radical (unpaired) electrons. The number of rotatable bonds is 6. The average molecular weight is 497 g/mol. The van der Waals surface area contributed by atoms with Crippen LogP contribution in [0, 0.1) is 13.8 Å². The maximum absolute atomic E-state index is 13.9. The number of carbonyl (C=O) groups excluding carboxylic acids is 1. The van der Waals surface area contributed by atoms with E-state index in [1.807, 2.05) is 32.0 Å². The highest BCUT2D eigenvalue weighted by Gasteiger charge is 2.40. The topological polar surface area (TPSA) is 77.8 Å². The van der Waals surface area contributed by atoms with Gasteiger partial charge in [0.2, 0.25) is 11.2 Å². The van der Waals surface area contributed by atoms with Gasteiger partial charge in [0.15, 0.2) is 6.61 Å². The molecule has 0 saturated carbocycles. The van der Waals surface area contributed by atoms with E-state index in [1.54, 1.807) is 6.07 Å². The van der Waals surface area contributed by atoms with Crippen LogP contribution in [0.25, 0.3) is 22.1 Å². The fourth-order valence-corrected chi connectivity index (χ4v) is 3.76. The lowest BCUT2D eigenvalue weighted by Gasteiger charge is -2.15. The smallest absolute Gasteiger partial charge is 0.450 e. The molecule has 1 aromatic heterocycles. The van der Waals surface area contributed by atoms with Crippen molar-refractivity contribution >= 4 is 22.6 Å². The van der Waals surface area contributed by atoms with Crippen LogP contribution in [-0.4, -0.2) is 19.6 Å². The first-order valence-electron chi connectivity index (χ1n) is 10.9. The molecule has 3 aromatic carbocycles. The monoisotopic (exact) mass is 497 g/mol. The van der Waals surface area contributed by atoms with Crippen LogP contribution < -0.4 is 20.2 Å². The minimum absolute atomic E-state index is 0.0357. The summed E-state index contributed by atoms with van der Waals surface area (Å²) < 4.78 is 57.6. The molecule has 0 bridgehead atoms. The first-order chi connectivity index (χ1) is 17.1. The van der Waals surface area contributed by atoms with E-state index in [0.29, 0.717) is 5.69 Å². The van der Waals surface area contributed by atoms with Crippen LogP contribution in [0.1, 0.15) is 16.9 Å². The standard InChI is InChI=1S/C27H22F3NO5/c1-15-8-9-16(2)20(12-15)31-23(32)14-35-17-10-11-19-22(13-17)36-26(27(28,29)30)24(25(19)33)18-6-4-5-7-21(18)34-3/h4-13H,14H2,1-3H3,(H,31,32). The second kappa shape index (κ2) is 9.77. The third kappa shape index (κ3) is 5.05. The first kappa shape index (κ1) is 24.8. The van der Waals surface area contributed by atoms with Crippen molar-refractivity contribution in [3.63, 3.8) is 0 Å². The summed E-state index contributed by atoms with van der Waals surface area (Å²) in [4.78, 5) is 25.5. The van der Waals surface area contributed by atoms with Crippen LogP contribution in [0.15, 0.2) is 69.9 Å². The number of para-hydroxylation sites is 1. The van der Waals surface area contributed by atoms with Gasteiger partial charge in [-0.3, -0.25) is 9.59 Å². The largest absolute Gasteiger partial charge is 0.496 e. The summed E-state index contributed by atoms with van der Waals surface area (Å²) in [6, 6.07) is 15.4. The van der Waals surface area contributed by atoms with Crippen LogP contribution in [0.4, 0.5) is 18.9 Å². The van der Waals surface area contributed by atoms with Gasteiger partial charge in [-0.05, 0) is 49.2 Å². The van der Waals surface area contributed by atoms with Crippen molar-refractivity contribution in [2.24, 2.45) is 0 Å². The predicted molar refractivity (Wildman–Crippen MR) is 130 cm³/mol. The zero-order valence-electron chi connectivity index (χ0n) is 19.7. The molecule has 0 fully saturated rings. The van der Waals surface area contributed by atoms with Gasteiger partial charge in [0, 0.05) is 17.3 Å². The highest BCUT2D eigenvalue weighted by Crippen LogP contribution is 2.40. The number of ether oxygens (including phenoxy) is 2. The van der Waals surface area contributed by atoms with Crippen molar-refractivity contribution in [3.05, 3.63) is 87.8 Å². The average Bonchev–Trinajstić information content (AvgIpc) is 2.84. The van der Waals surface area contributed by atoms with Gasteiger partial charge in [-0.15, -0.1) is 0 Å². The van der Waals surface area contributed by atoms with Crippen LogP contribution in [-0.2, 0) is 11.0 Å². The Bertz CT molecular complexity index is 1510. The number of nitrogens with one attached hydrogen (secondary N) is 1. The summed E-state index contributed by atoms with van der Waals surface area (Å²) >= 11 is 0. The molecule has 0 saturated heterocycles. The van der Waals surface area contributed by atoms with Gasteiger partial charge in [-0.2, -0.15) is 13.2 Å². The number of methoxy groups -OCH3 is 1. The van der Waals surface area contributed by atoms with Crippen molar-refractivity contribution in [3.8, 4) is 22.6 Å². The van der Waals surface area contributed by atoms with Crippen molar-refractivity contribution < 1.29 is 31.9 Å². The minimum atomic E-state index is -4.95. The van der Waals surface area contributed by atoms with Crippen molar-refractivity contribution in [2.75, 3.05) is 19.0 Å². The van der Waals surface area contributed by atoms with E-state index in [9.17, 15) is 22.8 Å². The Hall–Kier alpha value is -4.27. The molecule has 9 heteroatoms.